The normalized spacial score (nSPS) is 22.4. The van der Waals surface area contributed by atoms with E-state index in [0.717, 1.165) is 17.7 Å². The highest BCUT2D eigenvalue weighted by Crippen LogP contribution is 2.47. The molecule has 5 rings (SSSR count). The second-order valence-electron chi connectivity index (χ2n) is 10.1. The third-order valence-corrected chi connectivity index (χ3v) is 7.22. The summed E-state index contributed by atoms with van der Waals surface area (Å²) in [6.45, 7) is 10.7. The molecule has 3 aliphatic rings. The van der Waals surface area contributed by atoms with E-state index in [9.17, 15) is 10.1 Å². The van der Waals surface area contributed by atoms with Gasteiger partial charge < -0.3 is 19.0 Å². The Hall–Kier alpha value is -2.78. The van der Waals surface area contributed by atoms with E-state index in [1.54, 1.807) is 12.3 Å². The number of nitrogens with zero attached hydrogens (tertiary/aromatic N) is 3. The van der Waals surface area contributed by atoms with E-state index >= 15 is 0 Å². The van der Waals surface area contributed by atoms with Crippen LogP contribution in [0.15, 0.2) is 22.8 Å². The maximum absolute atomic E-state index is 13.1. The summed E-state index contributed by atoms with van der Waals surface area (Å²) in [6, 6.07) is 6.57. The van der Waals surface area contributed by atoms with E-state index < -0.39 is 0 Å². The fourth-order valence-corrected chi connectivity index (χ4v) is 5.27. The van der Waals surface area contributed by atoms with E-state index in [1.165, 1.54) is 29.5 Å². The van der Waals surface area contributed by atoms with Crippen LogP contribution in [0, 0.1) is 18.3 Å². The van der Waals surface area contributed by atoms with Gasteiger partial charge in [-0.3, -0.25) is 4.79 Å². The lowest BCUT2D eigenvalue weighted by Crippen LogP contribution is -2.54. The third-order valence-electron chi connectivity index (χ3n) is 7.22. The van der Waals surface area contributed by atoms with Gasteiger partial charge in [-0.1, -0.05) is 0 Å². The Labute approximate surface area is 189 Å². The minimum Gasteiger partial charge on any atom is -0.469 e. The molecule has 1 aromatic heterocycles. The first kappa shape index (κ1) is 21.1. The van der Waals surface area contributed by atoms with Gasteiger partial charge in [0.05, 0.1) is 35.3 Å². The molecule has 2 aliphatic heterocycles. The Morgan fingerprint density at radius 3 is 2.66 bits per heavy atom. The maximum atomic E-state index is 13.1. The molecule has 168 valence electrons. The van der Waals surface area contributed by atoms with E-state index in [4.69, 9.17) is 9.15 Å². The number of hydrogen-bond acceptors (Lipinski definition) is 5. The Kier molecular flexibility index (Phi) is 5.05. The van der Waals surface area contributed by atoms with Crippen LogP contribution in [-0.2, 0) is 17.8 Å². The molecule has 1 aliphatic carbocycles. The predicted octanol–water partition coefficient (Wildman–Crippen LogP) is 4.54. The largest absolute Gasteiger partial charge is 0.469 e. The quantitative estimate of drug-likeness (QED) is 0.711. The van der Waals surface area contributed by atoms with Crippen molar-refractivity contribution in [2.24, 2.45) is 0 Å². The second kappa shape index (κ2) is 7.67. The summed E-state index contributed by atoms with van der Waals surface area (Å²) >= 11 is 0. The van der Waals surface area contributed by atoms with Crippen LogP contribution < -0.4 is 4.90 Å². The molecular weight excluding hydrogens is 402 g/mol. The minimum absolute atomic E-state index is 0.0203. The van der Waals surface area contributed by atoms with Crippen LogP contribution in [0.3, 0.4) is 0 Å². The van der Waals surface area contributed by atoms with Crippen LogP contribution in [0.2, 0.25) is 0 Å². The van der Waals surface area contributed by atoms with Crippen molar-refractivity contribution in [1.29, 1.82) is 5.26 Å². The number of hydrogen-bond donors (Lipinski definition) is 0. The van der Waals surface area contributed by atoms with Crippen LogP contribution in [0.5, 0.6) is 0 Å². The number of rotatable bonds is 3. The average Bonchev–Trinajstić information content (AvgIpc) is 3.51. The number of carbonyl (C=O) groups excluding carboxylic acids is 1. The summed E-state index contributed by atoms with van der Waals surface area (Å²) in [6.07, 6.45) is 4.75. The lowest BCUT2D eigenvalue weighted by Gasteiger charge is -2.42. The lowest BCUT2D eigenvalue weighted by atomic mass is 9.84. The van der Waals surface area contributed by atoms with Gasteiger partial charge in [0.25, 0.3) is 5.91 Å². The summed E-state index contributed by atoms with van der Waals surface area (Å²) in [4.78, 5) is 17.3. The molecule has 32 heavy (non-hydrogen) atoms. The van der Waals surface area contributed by atoms with Crippen LogP contribution in [0.1, 0.15) is 77.9 Å². The van der Waals surface area contributed by atoms with Crippen molar-refractivity contribution >= 4 is 11.6 Å². The number of ether oxygens (including phenoxy) is 1. The highest BCUT2D eigenvalue weighted by atomic mass is 16.5. The number of amides is 1. The van der Waals surface area contributed by atoms with Crippen molar-refractivity contribution in [3.05, 3.63) is 52.0 Å². The number of aryl methyl sites for hydroxylation is 1. The van der Waals surface area contributed by atoms with Gasteiger partial charge in [0.15, 0.2) is 0 Å². The van der Waals surface area contributed by atoms with Crippen molar-refractivity contribution in [2.75, 3.05) is 24.5 Å². The molecule has 0 radical (unpaired) electrons. The number of nitriles is 1. The van der Waals surface area contributed by atoms with Crippen molar-refractivity contribution in [3.63, 3.8) is 0 Å². The Balaban J connectivity index is 1.47. The van der Waals surface area contributed by atoms with E-state index in [0.29, 0.717) is 43.5 Å². The van der Waals surface area contributed by atoms with Crippen LogP contribution in [0.4, 0.5) is 5.69 Å². The predicted molar refractivity (Wildman–Crippen MR) is 122 cm³/mol. The molecule has 3 heterocycles. The zero-order valence-corrected chi connectivity index (χ0v) is 19.4. The van der Waals surface area contributed by atoms with E-state index in [2.05, 4.69) is 37.8 Å². The first-order valence-corrected chi connectivity index (χ1v) is 11.6. The number of fused-ring (bicyclic) bond motifs is 1. The monoisotopic (exact) mass is 433 g/mol. The fourth-order valence-electron chi connectivity index (χ4n) is 5.27. The third kappa shape index (κ3) is 3.59. The van der Waals surface area contributed by atoms with Gasteiger partial charge in [0, 0.05) is 32.1 Å². The molecule has 0 N–H and O–H groups in total. The average molecular weight is 434 g/mol. The molecule has 0 spiro atoms. The van der Waals surface area contributed by atoms with Crippen molar-refractivity contribution in [1.82, 2.24) is 4.90 Å². The van der Waals surface area contributed by atoms with Crippen LogP contribution >= 0.6 is 0 Å². The van der Waals surface area contributed by atoms with E-state index in [-0.39, 0.29) is 17.6 Å². The van der Waals surface area contributed by atoms with Gasteiger partial charge in [-0.15, -0.1) is 0 Å². The smallest absolute Gasteiger partial charge is 0.257 e. The molecule has 1 amide bonds. The molecule has 1 atom stereocenters. The minimum atomic E-state index is -0.265. The summed E-state index contributed by atoms with van der Waals surface area (Å²) < 4.78 is 11.5. The zero-order valence-electron chi connectivity index (χ0n) is 19.4. The summed E-state index contributed by atoms with van der Waals surface area (Å²) in [5.41, 5.74) is 5.97. The zero-order chi connectivity index (χ0) is 22.6. The highest BCUT2D eigenvalue weighted by molar-refractivity contribution is 5.95. The van der Waals surface area contributed by atoms with Crippen LogP contribution in [-0.4, -0.2) is 42.1 Å². The molecule has 6 nitrogen and oxygen atoms in total. The van der Waals surface area contributed by atoms with Gasteiger partial charge in [-0.05, 0) is 75.3 Å². The Morgan fingerprint density at radius 2 is 2.03 bits per heavy atom. The topological polar surface area (TPSA) is 69.7 Å². The Morgan fingerprint density at radius 1 is 1.25 bits per heavy atom. The van der Waals surface area contributed by atoms with Gasteiger partial charge >= 0.3 is 0 Å². The SMILES string of the molecule is Cc1occc1C(=O)N1CCN(c2cc(C3CC3)c3c(c2C#N)CC(C)(C)OC3)CC1C. The molecule has 2 fully saturated rings. The summed E-state index contributed by atoms with van der Waals surface area (Å²) in [7, 11) is 0. The Bertz CT molecular complexity index is 1110. The van der Waals surface area contributed by atoms with Gasteiger partial charge in [-0.25, -0.2) is 0 Å². The van der Waals surface area contributed by atoms with Crippen molar-refractivity contribution in [2.45, 2.75) is 71.1 Å². The number of furan rings is 1. The van der Waals surface area contributed by atoms with Gasteiger partial charge in [0.1, 0.15) is 11.8 Å². The number of benzene rings is 1. The van der Waals surface area contributed by atoms with Gasteiger partial charge in [0.2, 0.25) is 0 Å². The molecule has 0 bridgehead atoms. The maximum Gasteiger partial charge on any atom is 0.257 e. The van der Waals surface area contributed by atoms with Crippen molar-refractivity contribution in [3.8, 4) is 6.07 Å². The summed E-state index contributed by atoms with van der Waals surface area (Å²) in [5, 5.41) is 10.2. The molecule has 1 saturated carbocycles. The molecule has 1 saturated heterocycles. The molecule has 1 aromatic carbocycles. The first-order chi connectivity index (χ1) is 15.3. The summed E-state index contributed by atoms with van der Waals surface area (Å²) in [5.74, 6) is 1.27. The molecular formula is C26H31N3O3. The van der Waals surface area contributed by atoms with Crippen LogP contribution in [0.25, 0.3) is 0 Å². The number of carbonyl (C=O) groups is 1. The lowest BCUT2D eigenvalue weighted by molar-refractivity contribution is -0.0405. The molecule has 1 unspecified atom stereocenters. The molecule has 6 heteroatoms. The fraction of sp³-hybridized carbons (Fsp3) is 0.538. The van der Waals surface area contributed by atoms with Crippen molar-refractivity contribution < 1.29 is 13.9 Å². The van der Waals surface area contributed by atoms with E-state index in [1.807, 2.05) is 11.8 Å². The molecule has 2 aromatic rings. The van der Waals surface area contributed by atoms with Gasteiger partial charge in [-0.2, -0.15) is 5.26 Å². The number of piperazine rings is 1. The standard InChI is InChI=1S/C26H31N3O3/c1-16-14-28(8-9-29(16)25(30)19-7-10-31-17(19)2)24-11-20(18-5-6-18)23-15-32-26(3,4)12-21(23)22(24)13-27/h7,10-11,16,18H,5-6,8-9,12,14-15H2,1-4H3. The second-order valence-corrected chi connectivity index (χ2v) is 10.1. The number of anilines is 1. The first-order valence-electron chi connectivity index (χ1n) is 11.6. The highest BCUT2D eigenvalue weighted by Gasteiger charge is 2.37.